The van der Waals surface area contributed by atoms with E-state index >= 15 is 0 Å². The van der Waals surface area contributed by atoms with Crippen LogP contribution >= 0.6 is 0 Å². The lowest BCUT2D eigenvalue weighted by Crippen LogP contribution is -2.11. The van der Waals surface area contributed by atoms with E-state index in [4.69, 9.17) is 5.11 Å². The summed E-state index contributed by atoms with van der Waals surface area (Å²) in [6.07, 6.45) is 0. The number of benzene rings is 1. The molecule has 0 aliphatic heterocycles. The van der Waals surface area contributed by atoms with Gasteiger partial charge in [-0.1, -0.05) is 0 Å². The van der Waals surface area contributed by atoms with Gasteiger partial charge in [0.1, 0.15) is 6.67 Å². The smallest absolute Gasteiger partial charge is 0.335 e. The van der Waals surface area contributed by atoms with E-state index in [9.17, 15) is 4.79 Å². The fraction of sp³-hybridized carbons (Fsp3) is 0.231. The van der Waals surface area contributed by atoms with Crippen LogP contribution in [0.5, 0.6) is 0 Å². The number of nitrogens with zero attached hydrogens (tertiary/aromatic N) is 2. The van der Waals surface area contributed by atoms with E-state index in [1.54, 1.807) is 24.3 Å². The highest BCUT2D eigenvalue weighted by molar-refractivity contribution is 5.87. The topological polar surface area (TPSA) is 67.2 Å². The number of nitrogens with one attached hydrogen (secondary N) is 1. The number of hydrogen-bond acceptors (Lipinski definition) is 3. The van der Waals surface area contributed by atoms with Gasteiger partial charge in [-0.25, -0.2) is 4.79 Å². The van der Waals surface area contributed by atoms with Crippen LogP contribution in [0.15, 0.2) is 30.3 Å². The van der Waals surface area contributed by atoms with Crippen LogP contribution in [0, 0.1) is 13.8 Å². The Morgan fingerprint density at radius 1 is 1.33 bits per heavy atom. The van der Waals surface area contributed by atoms with Crippen LogP contribution in [-0.2, 0) is 6.67 Å². The summed E-state index contributed by atoms with van der Waals surface area (Å²) in [6, 6.07) is 8.65. The van der Waals surface area contributed by atoms with Crippen molar-refractivity contribution in [2.45, 2.75) is 20.5 Å². The third-order valence-electron chi connectivity index (χ3n) is 2.67. The predicted molar refractivity (Wildman–Crippen MR) is 68.7 cm³/mol. The second kappa shape index (κ2) is 4.91. The Bertz CT molecular complexity index is 558. The molecule has 0 aliphatic carbocycles. The number of carbonyl (C=O) groups is 1. The molecule has 0 fully saturated rings. The number of aryl methyl sites for hydroxylation is 2. The lowest BCUT2D eigenvalue weighted by Gasteiger charge is -2.08. The lowest BCUT2D eigenvalue weighted by molar-refractivity contribution is 0.0697. The Hall–Kier alpha value is -2.30. The van der Waals surface area contributed by atoms with Crippen LogP contribution in [-0.4, -0.2) is 20.9 Å². The largest absolute Gasteiger partial charge is 0.478 e. The van der Waals surface area contributed by atoms with Crippen molar-refractivity contribution >= 4 is 11.7 Å². The fourth-order valence-electron chi connectivity index (χ4n) is 1.73. The SMILES string of the molecule is Cc1cc(C)n(CNc2ccc(C(=O)O)cc2)n1. The molecule has 0 saturated carbocycles. The van der Waals surface area contributed by atoms with E-state index in [2.05, 4.69) is 10.4 Å². The summed E-state index contributed by atoms with van der Waals surface area (Å²) in [4.78, 5) is 10.7. The van der Waals surface area contributed by atoms with Crippen molar-refractivity contribution in [2.75, 3.05) is 5.32 Å². The minimum Gasteiger partial charge on any atom is -0.478 e. The first-order chi connectivity index (χ1) is 8.56. The molecule has 2 rings (SSSR count). The average Bonchev–Trinajstić information content (AvgIpc) is 2.66. The maximum absolute atomic E-state index is 10.7. The normalized spacial score (nSPS) is 10.3. The van der Waals surface area contributed by atoms with Crippen molar-refractivity contribution in [2.24, 2.45) is 0 Å². The molecule has 2 N–H and O–H groups in total. The molecule has 1 aromatic carbocycles. The third kappa shape index (κ3) is 2.68. The molecule has 2 aromatic rings. The monoisotopic (exact) mass is 245 g/mol. The summed E-state index contributed by atoms with van der Waals surface area (Å²) >= 11 is 0. The molecule has 5 nitrogen and oxygen atoms in total. The Morgan fingerprint density at radius 3 is 2.50 bits per heavy atom. The van der Waals surface area contributed by atoms with Gasteiger partial charge in [0.2, 0.25) is 0 Å². The molecule has 18 heavy (non-hydrogen) atoms. The first-order valence-corrected chi connectivity index (χ1v) is 5.64. The number of aromatic carboxylic acids is 1. The second-order valence-corrected chi connectivity index (χ2v) is 4.14. The highest BCUT2D eigenvalue weighted by Gasteiger charge is 2.02. The number of rotatable bonds is 4. The molecule has 0 aliphatic rings. The molecular formula is C13H15N3O2. The van der Waals surface area contributed by atoms with Gasteiger partial charge in [-0.15, -0.1) is 0 Å². The zero-order chi connectivity index (χ0) is 13.1. The molecule has 0 bridgehead atoms. The van der Waals surface area contributed by atoms with Gasteiger partial charge in [0, 0.05) is 11.4 Å². The molecule has 0 atom stereocenters. The highest BCUT2D eigenvalue weighted by Crippen LogP contribution is 2.10. The Balaban J connectivity index is 2.02. The van der Waals surface area contributed by atoms with E-state index < -0.39 is 5.97 Å². The van der Waals surface area contributed by atoms with Gasteiger partial charge in [0.05, 0.1) is 11.3 Å². The van der Waals surface area contributed by atoms with E-state index in [1.807, 2.05) is 24.6 Å². The molecule has 0 unspecified atom stereocenters. The van der Waals surface area contributed by atoms with E-state index in [0.29, 0.717) is 6.67 Å². The molecule has 0 spiro atoms. The standard InChI is InChI=1S/C13H15N3O2/c1-9-7-10(2)16(15-9)8-14-12-5-3-11(4-6-12)13(17)18/h3-7,14H,8H2,1-2H3,(H,17,18). The Morgan fingerprint density at radius 2 is 2.00 bits per heavy atom. The van der Waals surface area contributed by atoms with Crippen LogP contribution < -0.4 is 5.32 Å². The highest BCUT2D eigenvalue weighted by atomic mass is 16.4. The quantitative estimate of drug-likeness (QED) is 0.867. The summed E-state index contributed by atoms with van der Waals surface area (Å²) < 4.78 is 1.86. The third-order valence-corrected chi connectivity index (χ3v) is 2.67. The minimum atomic E-state index is -0.917. The van der Waals surface area contributed by atoms with Gasteiger partial charge < -0.3 is 10.4 Å². The van der Waals surface area contributed by atoms with Crippen molar-refractivity contribution in [3.63, 3.8) is 0 Å². The molecule has 1 heterocycles. The van der Waals surface area contributed by atoms with Crippen molar-refractivity contribution in [3.05, 3.63) is 47.3 Å². The van der Waals surface area contributed by atoms with E-state index in [-0.39, 0.29) is 5.56 Å². The van der Waals surface area contributed by atoms with E-state index in [1.165, 1.54) is 0 Å². The van der Waals surface area contributed by atoms with Crippen LogP contribution in [0.3, 0.4) is 0 Å². The summed E-state index contributed by atoms with van der Waals surface area (Å²) in [5, 5.41) is 16.3. The minimum absolute atomic E-state index is 0.284. The molecule has 5 heteroatoms. The van der Waals surface area contributed by atoms with Gasteiger partial charge in [-0.05, 0) is 44.2 Å². The van der Waals surface area contributed by atoms with E-state index in [0.717, 1.165) is 17.1 Å². The molecule has 0 saturated heterocycles. The molecule has 1 aromatic heterocycles. The fourth-order valence-corrected chi connectivity index (χ4v) is 1.73. The predicted octanol–water partition coefficient (Wildman–Crippen LogP) is 2.27. The molecule has 0 radical (unpaired) electrons. The zero-order valence-corrected chi connectivity index (χ0v) is 10.3. The van der Waals surface area contributed by atoms with Crippen LogP contribution in [0.1, 0.15) is 21.7 Å². The van der Waals surface area contributed by atoms with Crippen LogP contribution in [0.25, 0.3) is 0 Å². The van der Waals surface area contributed by atoms with Gasteiger partial charge in [-0.3, -0.25) is 4.68 Å². The first-order valence-electron chi connectivity index (χ1n) is 5.64. The number of hydrogen-bond donors (Lipinski definition) is 2. The number of anilines is 1. The van der Waals surface area contributed by atoms with Crippen molar-refractivity contribution in [3.8, 4) is 0 Å². The zero-order valence-electron chi connectivity index (χ0n) is 10.3. The van der Waals surface area contributed by atoms with Crippen LogP contribution in [0.2, 0.25) is 0 Å². The number of aromatic nitrogens is 2. The molecule has 0 amide bonds. The Labute approximate surface area is 105 Å². The maximum atomic E-state index is 10.7. The van der Waals surface area contributed by atoms with Gasteiger partial charge in [0.15, 0.2) is 0 Å². The van der Waals surface area contributed by atoms with Crippen LogP contribution in [0.4, 0.5) is 5.69 Å². The number of carboxylic acids is 1. The first kappa shape index (κ1) is 12.2. The average molecular weight is 245 g/mol. The van der Waals surface area contributed by atoms with Crippen molar-refractivity contribution in [1.82, 2.24) is 9.78 Å². The van der Waals surface area contributed by atoms with Gasteiger partial charge in [-0.2, -0.15) is 5.10 Å². The summed E-state index contributed by atoms with van der Waals surface area (Å²) in [5.74, 6) is -0.917. The number of carboxylic acid groups (broad SMARTS) is 1. The van der Waals surface area contributed by atoms with Crippen molar-refractivity contribution < 1.29 is 9.90 Å². The lowest BCUT2D eigenvalue weighted by atomic mass is 10.2. The summed E-state index contributed by atoms with van der Waals surface area (Å²) in [7, 11) is 0. The van der Waals surface area contributed by atoms with Crippen molar-refractivity contribution in [1.29, 1.82) is 0 Å². The molecular weight excluding hydrogens is 230 g/mol. The summed E-state index contributed by atoms with van der Waals surface area (Å²) in [5.41, 5.74) is 3.22. The maximum Gasteiger partial charge on any atom is 0.335 e. The molecule has 94 valence electrons. The summed E-state index contributed by atoms with van der Waals surface area (Å²) in [6.45, 7) is 4.51. The Kier molecular flexibility index (Phi) is 3.32. The second-order valence-electron chi connectivity index (χ2n) is 4.14. The van der Waals surface area contributed by atoms with Gasteiger partial charge in [0.25, 0.3) is 0 Å². The van der Waals surface area contributed by atoms with Gasteiger partial charge >= 0.3 is 5.97 Å².